The number of ether oxygens (including phenoxy) is 1. The first-order chi connectivity index (χ1) is 16.1. The second-order valence-corrected chi connectivity index (χ2v) is 9.20. The molecule has 0 saturated carbocycles. The number of hydrogen-bond acceptors (Lipinski definition) is 5. The van der Waals surface area contributed by atoms with Gasteiger partial charge in [0.2, 0.25) is 5.91 Å². The van der Waals surface area contributed by atoms with Gasteiger partial charge in [0.1, 0.15) is 0 Å². The van der Waals surface area contributed by atoms with Crippen molar-refractivity contribution in [3.63, 3.8) is 0 Å². The van der Waals surface area contributed by atoms with Crippen LogP contribution in [0.5, 0.6) is 0 Å². The predicted molar refractivity (Wildman–Crippen MR) is 133 cm³/mol. The van der Waals surface area contributed by atoms with Gasteiger partial charge in [-0.25, -0.2) is 4.79 Å². The number of nitrogens with zero attached hydrogens (tertiary/aromatic N) is 3. The van der Waals surface area contributed by atoms with Gasteiger partial charge in [-0.1, -0.05) is 24.3 Å². The first-order valence-electron chi connectivity index (χ1n) is 12.0. The second kappa shape index (κ2) is 11.9. The van der Waals surface area contributed by atoms with E-state index in [0.717, 1.165) is 56.0 Å². The van der Waals surface area contributed by atoms with Crippen LogP contribution in [0.4, 0.5) is 21.9 Å². The maximum atomic E-state index is 13.7. The molecule has 5 rings (SSSR count). The van der Waals surface area contributed by atoms with Crippen LogP contribution in [0.25, 0.3) is 0 Å². The number of anilines is 3. The van der Waals surface area contributed by atoms with Gasteiger partial charge in [0.05, 0.1) is 18.5 Å². The Bertz CT molecular complexity index is 1050. The maximum Gasteiger partial charge on any atom is 0.411 e. The molecule has 0 spiro atoms. The summed E-state index contributed by atoms with van der Waals surface area (Å²) in [7, 11) is 1.34. The summed E-state index contributed by atoms with van der Waals surface area (Å²) in [6.07, 6.45) is 4.23. The summed E-state index contributed by atoms with van der Waals surface area (Å²) in [5.41, 5.74) is 4.69. The lowest BCUT2D eigenvalue weighted by molar-refractivity contribution is -0.118. The Kier molecular flexibility index (Phi) is 9.13. The molecule has 8 nitrogen and oxygen atoms in total. The van der Waals surface area contributed by atoms with Gasteiger partial charge in [-0.3, -0.25) is 24.8 Å². The largest absolute Gasteiger partial charge is 1.00 e. The Morgan fingerprint density at radius 2 is 1.80 bits per heavy atom. The number of carbonyl (C=O) groups is 2. The van der Waals surface area contributed by atoms with E-state index in [1.807, 2.05) is 41.3 Å². The third-order valence-corrected chi connectivity index (χ3v) is 7.22. The van der Waals surface area contributed by atoms with Crippen LogP contribution in [0, 0.1) is 0 Å². The number of nitrogens with one attached hydrogen (secondary N) is 1. The highest BCUT2D eigenvalue weighted by atomic mass is 35.5. The van der Waals surface area contributed by atoms with E-state index in [4.69, 9.17) is 4.74 Å². The number of carbonyl (C=O) groups excluding carboxylic acids is 2. The van der Waals surface area contributed by atoms with Gasteiger partial charge in [-0.05, 0) is 61.6 Å². The van der Waals surface area contributed by atoms with Crippen molar-refractivity contribution >= 4 is 29.1 Å². The van der Waals surface area contributed by atoms with Crippen LogP contribution in [0.15, 0.2) is 42.5 Å². The van der Waals surface area contributed by atoms with E-state index in [2.05, 4.69) is 21.2 Å². The lowest BCUT2D eigenvalue weighted by Gasteiger charge is -2.37. The van der Waals surface area contributed by atoms with Crippen LogP contribution < -0.4 is 22.6 Å². The van der Waals surface area contributed by atoms with Crippen molar-refractivity contribution < 1.29 is 32.2 Å². The monoisotopic (exact) mass is 501 g/mol. The molecule has 2 saturated heterocycles. The molecule has 3 aliphatic heterocycles. The second-order valence-electron chi connectivity index (χ2n) is 9.20. The SMILES string of the molecule is COC(=O)Nc1ccc2c(c1)N(C(=O)CCN1CCN3CCCC3C1)c1ccccc1CC2.O.[Cl-]. The smallest absolute Gasteiger partial charge is 0.411 e. The number of hydrogen-bond donors (Lipinski definition) is 1. The average Bonchev–Trinajstić information content (AvgIpc) is 3.24. The summed E-state index contributed by atoms with van der Waals surface area (Å²) < 4.78 is 4.75. The number of piperazine rings is 1. The molecule has 2 aromatic carbocycles. The quantitative estimate of drug-likeness (QED) is 0.635. The van der Waals surface area contributed by atoms with Gasteiger partial charge in [0, 0.05) is 44.3 Å². The Hall–Kier alpha value is -2.65. The normalized spacial score (nSPS) is 19.2. The third kappa shape index (κ3) is 5.78. The number of halogens is 1. The molecule has 35 heavy (non-hydrogen) atoms. The molecule has 2 fully saturated rings. The molecule has 3 N–H and O–H groups in total. The molecule has 190 valence electrons. The van der Waals surface area contributed by atoms with Crippen molar-refractivity contribution in [1.82, 2.24) is 9.80 Å². The van der Waals surface area contributed by atoms with E-state index in [1.165, 1.54) is 32.1 Å². The summed E-state index contributed by atoms with van der Waals surface area (Å²) >= 11 is 0. The summed E-state index contributed by atoms with van der Waals surface area (Å²) in [4.78, 5) is 32.4. The van der Waals surface area contributed by atoms with Crippen molar-refractivity contribution in [3.05, 3.63) is 53.6 Å². The Morgan fingerprint density at radius 3 is 2.60 bits per heavy atom. The summed E-state index contributed by atoms with van der Waals surface area (Å²) in [6, 6.07) is 14.6. The lowest BCUT2D eigenvalue weighted by atomic mass is 10.0. The first kappa shape index (κ1) is 26.9. The zero-order valence-corrected chi connectivity index (χ0v) is 20.9. The molecule has 1 unspecified atom stereocenters. The molecule has 0 radical (unpaired) electrons. The predicted octanol–water partition coefficient (Wildman–Crippen LogP) is -0.0224. The molecule has 0 aliphatic carbocycles. The van der Waals surface area contributed by atoms with Crippen molar-refractivity contribution in [1.29, 1.82) is 0 Å². The van der Waals surface area contributed by atoms with Crippen molar-refractivity contribution in [2.75, 3.05) is 50.1 Å². The number of fused-ring (bicyclic) bond motifs is 3. The van der Waals surface area contributed by atoms with Gasteiger partial charge >= 0.3 is 6.09 Å². The summed E-state index contributed by atoms with van der Waals surface area (Å²) in [5, 5.41) is 2.74. The van der Waals surface area contributed by atoms with Crippen LogP contribution in [0.3, 0.4) is 0 Å². The molecule has 1 atom stereocenters. The molecule has 3 heterocycles. The molecule has 0 aromatic heterocycles. The van der Waals surface area contributed by atoms with E-state index >= 15 is 0 Å². The van der Waals surface area contributed by atoms with Crippen LogP contribution in [0.2, 0.25) is 0 Å². The van der Waals surface area contributed by atoms with Crippen LogP contribution >= 0.6 is 0 Å². The maximum absolute atomic E-state index is 13.7. The van der Waals surface area contributed by atoms with E-state index < -0.39 is 6.09 Å². The Morgan fingerprint density at radius 1 is 1.03 bits per heavy atom. The van der Waals surface area contributed by atoms with Gasteiger partial charge in [0.25, 0.3) is 0 Å². The Labute approximate surface area is 212 Å². The topological polar surface area (TPSA) is 96.6 Å². The molecular weight excluding hydrogens is 468 g/mol. The fourth-order valence-corrected chi connectivity index (χ4v) is 5.46. The Balaban J connectivity index is 0.00000171. The van der Waals surface area contributed by atoms with Gasteiger partial charge in [0.15, 0.2) is 0 Å². The minimum atomic E-state index is -0.520. The van der Waals surface area contributed by atoms with Gasteiger partial charge < -0.3 is 22.6 Å². The van der Waals surface area contributed by atoms with Crippen LogP contribution in [-0.4, -0.2) is 73.2 Å². The minimum Gasteiger partial charge on any atom is -1.00 e. The van der Waals surface area contributed by atoms with E-state index in [0.29, 0.717) is 18.2 Å². The van der Waals surface area contributed by atoms with Crippen molar-refractivity contribution in [2.24, 2.45) is 0 Å². The van der Waals surface area contributed by atoms with Crippen LogP contribution in [0.1, 0.15) is 30.4 Å². The number of amides is 2. The number of benzene rings is 2. The van der Waals surface area contributed by atoms with Gasteiger partial charge in [-0.2, -0.15) is 0 Å². The van der Waals surface area contributed by atoms with Crippen molar-refractivity contribution in [2.45, 2.75) is 38.1 Å². The highest BCUT2D eigenvalue weighted by Gasteiger charge is 2.31. The van der Waals surface area contributed by atoms with Crippen LogP contribution in [-0.2, 0) is 22.4 Å². The molecule has 3 aliphatic rings. The molecule has 9 heteroatoms. The summed E-state index contributed by atoms with van der Waals surface area (Å²) in [6.45, 7) is 5.20. The highest BCUT2D eigenvalue weighted by molar-refractivity contribution is 6.03. The first-order valence-corrected chi connectivity index (χ1v) is 12.0. The number of rotatable bonds is 4. The zero-order chi connectivity index (χ0) is 22.8. The fourth-order valence-electron chi connectivity index (χ4n) is 5.46. The average molecular weight is 502 g/mol. The molecule has 2 aromatic rings. The number of para-hydroxylation sites is 1. The number of aryl methyl sites for hydroxylation is 2. The molecule has 2 amide bonds. The molecule has 0 bridgehead atoms. The van der Waals surface area contributed by atoms with E-state index in [9.17, 15) is 9.59 Å². The zero-order valence-electron chi connectivity index (χ0n) is 20.1. The fraction of sp³-hybridized carbons (Fsp3) is 0.462. The minimum absolute atomic E-state index is 0. The third-order valence-electron chi connectivity index (χ3n) is 7.22. The number of methoxy groups -OCH3 is 1. The van der Waals surface area contributed by atoms with Crippen molar-refractivity contribution in [3.8, 4) is 0 Å². The lowest BCUT2D eigenvalue weighted by Crippen LogP contribution is -3.00. The molecular formula is C26H34ClN4O4-. The van der Waals surface area contributed by atoms with Gasteiger partial charge in [-0.15, -0.1) is 0 Å². The highest BCUT2D eigenvalue weighted by Crippen LogP contribution is 2.38. The van der Waals surface area contributed by atoms with E-state index in [-0.39, 0.29) is 23.8 Å². The summed E-state index contributed by atoms with van der Waals surface area (Å²) in [5.74, 6) is 0.0923. The van der Waals surface area contributed by atoms with E-state index in [1.54, 1.807) is 0 Å². The standard InChI is InChI=1S/C26H32N4O3.ClH.H2O/c1-33-26(32)27-21-11-10-20-9-8-19-5-2-3-7-23(19)30(24(20)17-21)25(31)12-14-28-15-16-29-13-4-6-22(29)18-28;;/h2-3,5,7,10-11,17,22H,4,6,8-9,12-16,18H2,1H3,(H,27,32);1H;1H2/p-1.